The average Bonchev–Trinajstić information content (AvgIpc) is 2.22. The van der Waals surface area contributed by atoms with E-state index in [4.69, 9.17) is 0 Å². The predicted octanol–water partition coefficient (Wildman–Crippen LogP) is 3.05. The van der Waals surface area contributed by atoms with Gasteiger partial charge in [0.05, 0.1) is 6.10 Å². The molecule has 2 fully saturated rings. The van der Waals surface area contributed by atoms with Crippen molar-refractivity contribution < 1.29 is 5.11 Å². The molecule has 2 aliphatic carbocycles. The molecule has 2 heteroatoms. The van der Waals surface area contributed by atoms with Crippen LogP contribution in [0.1, 0.15) is 59.3 Å². The van der Waals surface area contributed by atoms with E-state index in [1.807, 2.05) is 0 Å². The minimum absolute atomic E-state index is 0.107. The minimum Gasteiger partial charge on any atom is -0.391 e. The maximum atomic E-state index is 10.6. The number of aliphatic hydroxyl groups excluding tert-OH is 1. The first kappa shape index (κ1) is 13.4. The maximum Gasteiger partial charge on any atom is 0.0746 e. The fraction of sp³-hybridized carbons (Fsp3) is 1.00. The number of rotatable bonds is 4. The van der Waals surface area contributed by atoms with Crippen molar-refractivity contribution >= 4 is 0 Å². The molecule has 0 heterocycles. The molecule has 0 bridgehead atoms. The molecule has 17 heavy (non-hydrogen) atoms. The molecular weight excluding hydrogens is 210 g/mol. The highest BCUT2D eigenvalue weighted by atomic mass is 16.3. The lowest BCUT2D eigenvalue weighted by Gasteiger charge is -2.47. The quantitative estimate of drug-likeness (QED) is 0.815. The SMILES string of the molecule is CCN(CC1CCC1)C1CCCC(C)(C)C1O. The second-order valence-corrected chi connectivity index (χ2v) is 6.78. The van der Waals surface area contributed by atoms with Crippen LogP contribution in [0.4, 0.5) is 0 Å². The van der Waals surface area contributed by atoms with Gasteiger partial charge in [-0.05, 0) is 43.6 Å². The van der Waals surface area contributed by atoms with Gasteiger partial charge < -0.3 is 5.11 Å². The summed E-state index contributed by atoms with van der Waals surface area (Å²) >= 11 is 0. The Morgan fingerprint density at radius 1 is 1.18 bits per heavy atom. The van der Waals surface area contributed by atoms with Crippen molar-refractivity contribution in [2.24, 2.45) is 11.3 Å². The highest BCUT2D eigenvalue weighted by molar-refractivity contribution is 4.94. The monoisotopic (exact) mass is 239 g/mol. The number of hydrogen-bond donors (Lipinski definition) is 1. The molecule has 2 saturated carbocycles. The zero-order valence-corrected chi connectivity index (χ0v) is 11.8. The van der Waals surface area contributed by atoms with E-state index in [1.54, 1.807) is 0 Å². The van der Waals surface area contributed by atoms with Crippen molar-refractivity contribution in [2.45, 2.75) is 71.4 Å². The van der Waals surface area contributed by atoms with E-state index in [-0.39, 0.29) is 11.5 Å². The van der Waals surface area contributed by atoms with Crippen molar-refractivity contribution in [1.29, 1.82) is 0 Å². The van der Waals surface area contributed by atoms with E-state index >= 15 is 0 Å². The molecule has 0 radical (unpaired) electrons. The summed E-state index contributed by atoms with van der Waals surface area (Å²) in [6.45, 7) is 9.00. The normalized spacial score (nSPS) is 33.7. The molecule has 0 amide bonds. The highest BCUT2D eigenvalue weighted by Crippen LogP contribution is 2.38. The van der Waals surface area contributed by atoms with Gasteiger partial charge in [-0.15, -0.1) is 0 Å². The van der Waals surface area contributed by atoms with Crippen LogP contribution in [0.3, 0.4) is 0 Å². The molecule has 0 aromatic carbocycles. The Morgan fingerprint density at radius 3 is 2.41 bits per heavy atom. The molecule has 1 N–H and O–H groups in total. The molecule has 0 aromatic heterocycles. The van der Waals surface area contributed by atoms with Gasteiger partial charge in [-0.1, -0.05) is 33.6 Å². The van der Waals surface area contributed by atoms with Crippen LogP contribution in [0.5, 0.6) is 0 Å². The summed E-state index contributed by atoms with van der Waals surface area (Å²) in [6.07, 6.45) is 7.72. The van der Waals surface area contributed by atoms with Gasteiger partial charge in [0.25, 0.3) is 0 Å². The Morgan fingerprint density at radius 2 is 1.88 bits per heavy atom. The predicted molar refractivity (Wildman–Crippen MR) is 72.0 cm³/mol. The Balaban J connectivity index is 1.97. The minimum atomic E-state index is -0.142. The summed E-state index contributed by atoms with van der Waals surface area (Å²) in [6, 6.07) is 0.407. The molecular formula is C15H29NO. The smallest absolute Gasteiger partial charge is 0.0746 e. The van der Waals surface area contributed by atoms with Gasteiger partial charge in [-0.25, -0.2) is 0 Å². The van der Waals surface area contributed by atoms with Gasteiger partial charge in [0.15, 0.2) is 0 Å². The van der Waals surface area contributed by atoms with Crippen LogP contribution in [-0.4, -0.2) is 35.2 Å². The molecule has 2 rings (SSSR count). The second-order valence-electron chi connectivity index (χ2n) is 6.78. The lowest BCUT2D eigenvalue weighted by Crippen LogP contribution is -2.53. The zero-order chi connectivity index (χ0) is 12.5. The van der Waals surface area contributed by atoms with Crippen molar-refractivity contribution in [3.05, 3.63) is 0 Å². The molecule has 2 aliphatic rings. The summed E-state index contributed by atoms with van der Waals surface area (Å²) in [5.41, 5.74) is 0.107. The first-order valence-corrected chi connectivity index (χ1v) is 7.46. The summed E-state index contributed by atoms with van der Waals surface area (Å²) in [7, 11) is 0. The summed E-state index contributed by atoms with van der Waals surface area (Å²) in [4.78, 5) is 2.55. The molecule has 2 nitrogen and oxygen atoms in total. The molecule has 2 atom stereocenters. The van der Waals surface area contributed by atoms with Crippen LogP contribution < -0.4 is 0 Å². The number of nitrogens with zero attached hydrogens (tertiary/aromatic N) is 1. The fourth-order valence-electron chi connectivity index (χ4n) is 3.48. The highest BCUT2D eigenvalue weighted by Gasteiger charge is 2.40. The summed E-state index contributed by atoms with van der Waals surface area (Å²) in [5.74, 6) is 0.909. The van der Waals surface area contributed by atoms with Crippen molar-refractivity contribution in [1.82, 2.24) is 4.90 Å². The van der Waals surface area contributed by atoms with Crippen LogP contribution in [0.25, 0.3) is 0 Å². The largest absolute Gasteiger partial charge is 0.391 e. The average molecular weight is 239 g/mol. The van der Waals surface area contributed by atoms with Gasteiger partial charge in [-0.3, -0.25) is 4.90 Å². The number of hydrogen-bond acceptors (Lipinski definition) is 2. The lowest BCUT2D eigenvalue weighted by atomic mass is 9.71. The van der Waals surface area contributed by atoms with Crippen LogP contribution in [0.2, 0.25) is 0 Å². The fourth-order valence-corrected chi connectivity index (χ4v) is 3.48. The van der Waals surface area contributed by atoms with E-state index in [9.17, 15) is 5.11 Å². The standard InChI is InChI=1S/C15H29NO/c1-4-16(11-12-7-5-8-12)13-9-6-10-15(2,3)14(13)17/h12-14,17H,4-11H2,1-3H3. The maximum absolute atomic E-state index is 10.6. The van der Waals surface area contributed by atoms with E-state index in [0.29, 0.717) is 6.04 Å². The summed E-state index contributed by atoms with van der Waals surface area (Å²) < 4.78 is 0. The van der Waals surface area contributed by atoms with Crippen molar-refractivity contribution in [2.75, 3.05) is 13.1 Å². The second kappa shape index (κ2) is 5.27. The molecule has 100 valence electrons. The van der Waals surface area contributed by atoms with Crippen LogP contribution in [0.15, 0.2) is 0 Å². The van der Waals surface area contributed by atoms with Gasteiger partial charge in [0.2, 0.25) is 0 Å². The molecule has 2 unspecified atom stereocenters. The van der Waals surface area contributed by atoms with Gasteiger partial charge in [0.1, 0.15) is 0 Å². The van der Waals surface area contributed by atoms with Gasteiger partial charge >= 0.3 is 0 Å². The lowest BCUT2D eigenvalue weighted by molar-refractivity contribution is -0.0620. The van der Waals surface area contributed by atoms with Gasteiger partial charge in [-0.2, -0.15) is 0 Å². The third kappa shape index (κ3) is 2.85. The third-order valence-corrected chi connectivity index (χ3v) is 5.08. The molecule has 0 spiro atoms. The Labute approximate surface area is 106 Å². The van der Waals surface area contributed by atoms with E-state index < -0.39 is 0 Å². The summed E-state index contributed by atoms with van der Waals surface area (Å²) in [5, 5.41) is 10.6. The Hall–Kier alpha value is -0.0800. The van der Waals surface area contributed by atoms with E-state index in [1.165, 1.54) is 45.1 Å². The van der Waals surface area contributed by atoms with Crippen molar-refractivity contribution in [3.8, 4) is 0 Å². The number of aliphatic hydroxyl groups is 1. The zero-order valence-electron chi connectivity index (χ0n) is 11.8. The Kier molecular flexibility index (Phi) is 4.14. The molecule has 0 saturated heterocycles. The number of likely N-dealkylation sites (N-methyl/N-ethyl adjacent to an activating group) is 1. The van der Waals surface area contributed by atoms with Crippen LogP contribution in [0, 0.1) is 11.3 Å². The first-order chi connectivity index (χ1) is 8.04. The van der Waals surface area contributed by atoms with Gasteiger partial charge in [0, 0.05) is 12.6 Å². The van der Waals surface area contributed by atoms with E-state index in [0.717, 1.165) is 12.5 Å². The molecule has 0 aromatic rings. The van der Waals surface area contributed by atoms with E-state index in [2.05, 4.69) is 25.7 Å². The molecule has 0 aliphatic heterocycles. The third-order valence-electron chi connectivity index (χ3n) is 5.08. The van der Waals surface area contributed by atoms with Crippen molar-refractivity contribution in [3.63, 3.8) is 0 Å². The van der Waals surface area contributed by atoms with Crippen LogP contribution >= 0.6 is 0 Å². The van der Waals surface area contributed by atoms with Crippen LogP contribution in [-0.2, 0) is 0 Å². The Bertz CT molecular complexity index is 247. The first-order valence-electron chi connectivity index (χ1n) is 7.46. The topological polar surface area (TPSA) is 23.5 Å².